The predicted molar refractivity (Wildman–Crippen MR) is 37.8 cm³/mol. The molecule has 0 aliphatic carbocycles. The van der Waals surface area contributed by atoms with E-state index in [1.165, 1.54) is 0 Å². The standard InChI is InChI=1S/C8H12/c1-4-6-7-8(3)5-2/h5-6H,2,4H2,1,3H3. The summed E-state index contributed by atoms with van der Waals surface area (Å²) >= 11 is 0. The Hall–Kier alpha value is -0.740. The molecular weight excluding hydrogens is 96.1 g/mol. The van der Waals surface area contributed by atoms with E-state index in [0.717, 1.165) is 12.0 Å². The second kappa shape index (κ2) is 4.42. The number of hydrogen-bond donors (Lipinski definition) is 0. The van der Waals surface area contributed by atoms with E-state index >= 15 is 0 Å². The van der Waals surface area contributed by atoms with E-state index in [-0.39, 0.29) is 0 Å². The Bertz CT molecular complexity index is 123. The summed E-state index contributed by atoms with van der Waals surface area (Å²) in [5.74, 6) is 0. The summed E-state index contributed by atoms with van der Waals surface area (Å²) in [7, 11) is 0. The Labute approximate surface area is 51.2 Å². The van der Waals surface area contributed by atoms with Gasteiger partial charge in [-0.1, -0.05) is 19.6 Å². The second-order valence-corrected chi connectivity index (χ2v) is 1.64. The molecule has 0 unspecified atom stereocenters. The van der Waals surface area contributed by atoms with Gasteiger partial charge >= 0.3 is 0 Å². The van der Waals surface area contributed by atoms with Crippen LogP contribution in [-0.4, -0.2) is 0 Å². The van der Waals surface area contributed by atoms with Gasteiger partial charge in [-0.15, -0.1) is 5.73 Å². The van der Waals surface area contributed by atoms with Crippen LogP contribution in [0.4, 0.5) is 0 Å². The van der Waals surface area contributed by atoms with Crippen molar-refractivity contribution in [3.8, 4) is 0 Å². The summed E-state index contributed by atoms with van der Waals surface area (Å²) in [6.07, 6.45) is 4.84. The highest BCUT2D eigenvalue weighted by Gasteiger charge is 1.68. The molecule has 0 aliphatic rings. The van der Waals surface area contributed by atoms with Gasteiger partial charge in [0.15, 0.2) is 0 Å². The number of rotatable bonds is 2. The van der Waals surface area contributed by atoms with Crippen LogP contribution < -0.4 is 0 Å². The molecule has 0 heteroatoms. The number of allylic oxidation sites excluding steroid dienone is 2. The highest BCUT2D eigenvalue weighted by Crippen LogP contribution is 1.88. The fourth-order valence-corrected chi connectivity index (χ4v) is 0.322. The monoisotopic (exact) mass is 108 g/mol. The summed E-state index contributed by atoms with van der Waals surface area (Å²) < 4.78 is 0. The van der Waals surface area contributed by atoms with E-state index in [4.69, 9.17) is 0 Å². The Morgan fingerprint density at radius 1 is 1.75 bits per heavy atom. The topological polar surface area (TPSA) is 0 Å². The lowest BCUT2D eigenvalue weighted by molar-refractivity contribution is 1.22. The quantitative estimate of drug-likeness (QED) is 0.377. The highest BCUT2D eigenvalue weighted by atomic mass is 13.7. The van der Waals surface area contributed by atoms with Crippen molar-refractivity contribution in [2.75, 3.05) is 0 Å². The molecule has 0 fully saturated rings. The molecule has 0 atom stereocenters. The van der Waals surface area contributed by atoms with Crippen LogP contribution in [0.2, 0.25) is 0 Å². The first-order chi connectivity index (χ1) is 3.81. The van der Waals surface area contributed by atoms with Gasteiger partial charge in [0.1, 0.15) is 0 Å². The van der Waals surface area contributed by atoms with E-state index < -0.39 is 0 Å². The maximum atomic E-state index is 3.59. The maximum Gasteiger partial charge on any atom is -0.0101 e. The average Bonchev–Trinajstić information content (AvgIpc) is 1.83. The second-order valence-electron chi connectivity index (χ2n) is 1.64. The molecule has 0 radical (unpaired) electrons. The molecule has 0 aromatic heterocycles. The van der Waals surface area contributed by atoms with Crippen LogP contribution in [0, 0.1) is 0 Å². The zero-order chi connectivity index (χ0) is 6.41. The van der Waals surface area contributed by atoms with E-state index in [2.05, 4.69) is 19.2 Å². The van der Waals surface area contributed by atoms with Gasteiger partial charge in [0.05, 0.1) is 0 Å². The average molecular weight is 108 g/mol. The first-order valence-electron chi connectivity index (χ1n) is 2.85. The van der Waals surface area contributed by atoms with Gasteiger partial charge < -0.3 is 0 Å². The van der Waals surface area contributed by atoms with Crippen molar-refractivity contribution in [3.05, 3.63) is 30.0 Å². The molecule has 8 heavy (non-hydrogen) atoms. The molecule has 44 valence electrons. The third-order valence-electron chi connectivity index (χ3n) is 0.840. The predicted octanol–water partition coefficient (Wildman–Crippen LogP) is 2.68. The molecule has 0 spiro atoms. The lowest BCUT2D eigenvalue weighted by Gasteiger charge is -1.77. The van der Waals surface area contributed by atoms with Gasteiger partial charge in [0.25, 0.3) is 0 Å². The molecule has 0 rings (SSSR count). The maximum absolute atomic E-state index is 3.59. The van der Waals surface area contributed by atoms with E-state index in [9.17, 15) is 0 Å². The molecule has 0 amide bonds. The third kappa shape index (κ3) is 3.45. The molecule has 0 N–H and O–H groups in total. The number of hydrogen-bond acceptors (Lipinski definition) is 0. The molecule has 0 nitrogen and oxygen atoms in total. The Morgan fingerprint density at radius 3 is 2.75 bits per heavy atom. The lowest BCUT2D eigenvalue weighted by Crippen LogP contribution is -1.57. The van der Waals surface area contributed by atoms with Crippen LogP contribution in [-0.2, 0) is 0 Å². The van der Waals surface area contributed by atoms with Crippen LogP contribution in [0.25, 0.3) is 0 Å². The van der Waals surface area contributed by atoms with Crippen LogP contribution in [0.5, 0.6) is 0 Å². The summed E-state index contributed by atoms with van der Waals surface area (Å²) in [4.78, 5) is 0. The van der Waals surface area contributed by atoms with Crippen molar-refractivity contribution in [1.29, 1.82) is 0 Å². The third-order valence-corrected chi connectivity index (χ3v) is 0.840. The molecule has 0 aliphatic heterocycles. The molecule has 0 aromatic carbocycles. The van der Waals surface area contributed by atoms with Crippen molar-refractivity contribution in [2.24, 2.45) is 0 Å². The van der Waals surface area contributed by atoms with Gasteiger partial charge in [-0.05, 0) is 25.0 Å². The zero-order valence-corrected chi connectivity index (χ0v) is 5.57. The van der Waals surface area contributed by atoms with Gasteiger partial charge in [0, 0.05) is 0 Å². The molecule has 0 saturated heterocycles. The fraction of sp³-hybridized carbons (Fsp3) is 0.375. The van der Waals surface area contributed by atoms with Crippen LogP contribution in [0.1, 0.15) is 20.3 Å². The van der Waals surface area contributed by atoms with Crippen LogP contribution in [0.3, 0.4) is 0 Å². The molecule has 0 saturated carbocycles. The van der Waals surface area contributed by atoms with Gasteiger partial charge in [-0.2, -0.15) is 0 Å². The van der Waals surface area contributed by atoms with Crippen molar-refractivity contribution in [3.63, 3.8) is 0 Å². The Morgan fingerprint density at radius 2 is 2.38 bits per heavy atom. The van der Waals surface area contributed by atoms with E-state index in [0.29, 0.717) is 0 Å². The van der Waals surface area contributed by atoms with Gasteiger partial charge in [-0.3, -0.25) is 0 Å². The first kappa shape index (κ1) is 7.26. The molecule has 0 aromatic rings. The summed E-state index contributed by atoms with van der Waals surface area (Å²) in [6, 6.07) is 0. The van der Waals surface area contributed by atoms with E-state index in [1.54, 1.807) is 6.08 Å². The van der Waals surface area contributed by atoms with Gasteiger partial charge in [0.2, 0.25) is 0 Å². The minimum absolute atomic E-state index is 1.05. The highest BCUT2D eigenvalue weighted by molar-refractivity contribution is 5.11. The summed E-state index contributed by atoms with van der Waals surface area (Å²) in [5, 5.41) is 0. The Kier molecular flexibility index (Phi) is 4.01. The van der Waals surface area contributed by atoms with Crippen molar-refractivity contribution >= 4 is 0 Å². The fourth-order valence-electron chi connectivity index (χ4n) is 0.322. The molecule has 0 bridgehead atoms. The first-order valence-corrected chi connectivity index (χ1v) is 2.85. The minimum Gasteiger partial charge on any atom is -0.122 e. The summed E-state index contributed by atoms with van der Waals surface area (Å²) in [6.45, 7) is 7.67. The smallest absolute Gasteiger partial charge is 0.0101 e. The normalized spacial score (nSPS) is 7.25. The van der Waals surface area contributed by atoms with Gasteiger partial charge in [-0.25, -0.2) is 0 Å². The zero-order valence-electron chi connectivity index (χ0n) is 5.57. The minimum atomic E-state index is 1.05. The molecule has 0 heterocycles. The van der Waals surface area contributed by atoms with Crippen molar-refractivity contribution < 1.29 is 0 Å². The van der Waals surface area contributed by atoms with Crippen molar-refractivity contribution in [1.82, 2.24) is 0 Å². The van der Waals surface area contributed by atoms with Crippen molar-refractivity contribution in [2.45, 2.75) is 20.3 Å². The largest absolute Gasteiger partial charge is 0.122 e. The molecular formula is C8H12. The lowest BCUT2D eigenvalue weighted by atomic mass is 10.3. The van der Waals surface area contributed by atoms with E-state index in [1.807, 2.05) is 13.0 Å². The van der Waals surface area contributed by atoms with Crippen LogP contribution >= 0.6 is 0 Å². The Balaban J connectivity index is 3.91. The summed E-state index contributed by atoms with van der Waals surface area (Å²) in [5.41, 5.74) is 4.16. The van der Waals surface area contributed by atoms with Crippen LogP contribution in [0.15, 0.2) is 30.0 Å². The SMILES string of the molecule is C=CC(C)=C=CCC.